The van der Waals surface area contributed by atoms with Crippen molar-refractivity contribution < 1.29 is 0 Å². The minimum absolute atomic E-state index is 0.794. The number of aliphatic imine (C=N–C) groups is 1. The topological polar surface area (TPSA) is 50.4 Å². The van der Waals surface area contributed by atoms with Crippen molar-refractivity contribution in [3.8, 4) is 12.3 Å². The third-order valence-corrected chi connectivity index (χ3v) is 5.27. The lowest BCUT2D eigenvalue weighted by atomic mass is 9.94. The Bertz CT molecular complexity index is 903. The van der Waals surface area contributed by atoms with Crippen LogP contribution in [0.4, 0.5) is 11.4 Å². The van der Waals surface area contributed by atoms with E-state index in [4.69, 9.17) is 12.2 Å². The van der Waals surface area contributed by atoms with Crippen molar-refractivity contribution in [3.05, 3.63) is 65.2 Å². The van der Waals surface area contributed by atoms with Crippen LogP contribution in [0.3, 0.4) is 0 Å². The van der Waals surface area contributed by atoms with E-state index in [2.05, 4.69) is 41.9 Å². The highest BCUT2D eigenvalue weighted by molar-refractivity contribution is 5.83. The number of hydrogen-bond acceptors (Lipinski definition) is 3. The van der Waals surface area contributed by atoms with Gasteiger partial charge < -0.3 is 11.1 Å². The third-order valence-electron chi connectivity index (χ3n) is 5.27. The predicted octanol–water partition coefficient (Wildman–Crippen LogP) is 6.49. The van der Waals surface area contributed by atoms with Gasteiger partial charge in [0.05, 0.1) is 5.69 Å². The Kier molecular flexibility index (Phi) is 9.91. The molecule has 0 aromatic heterocycles. The van der Waals surface area contributed by atoms with Gasteiger partial charge in [-0.1, -0.05) is 44.8 Å². The lowest BCUT2D eigenvalue weighted by molar-refractivity contribution is 0.617. The normalized spacial score (nSPS) is 10.9. The van der Waals surface area contributed by atoms with Gasteiger partial charge in [-0.3, -0.25) is 4.99 Å². The second-order valence-electron chi connectivity index (χ2n) is 7.51. The standard InChI is InChI=1S/C27H35N3/c1-5-22-14-13-16-25(18-22)30-21(4)26-19-24(15-11-9-8-10-12-17-28)23(6-2)20-27(26)29-7-3/h1,7,13-14,16,18-20,30H,4,6,8-12,15,17,28H2,2-3H3/b29-7-. The van der Waals surface area contributed by atoms with Crippen LogP contribution in [0.5, 0.6) is 0 Å². The summed E-state index contributed by atoms with van der Waals surface area (Å²) in [7, 11) is 0. The molecule has 0 radical (unpaired) electrons. The van der Waals surface area contributed by atoms with Gasteiger partial charge in [-0.2, -0.15) is 0 Å². The van der Waals surface area contributed by atoms with Gasteiger partial charge in [-0.15, -0.1) is 6.42 Å². The monoisotopic (exact) mass is 401 g/mol. The summed E-state index contributed by atoms with van der Waals surface area (Å²) in [6.45, 7) is 9.24. The molecule has 0 bridgehead atoms. The van der Waals surface area contributed by atoms with Crippen LogP contribution in [-0.2, 0) is 12.8 Å². The van der Waals surface area contributed by atoms with E-state index in [9.17, 15) is 0 Å². The van der Waals surface area contributed by atoms with Crippen LogP contribution in [0, 0.1) is 12.3 Å². The zero-order valence-electron chi connectivity index (χ0n) is 18.5. The number of nitrogens with two attached hydrogens (primary N) is 1. The lowest BCUT2D eigenvalue weighted by Crippen LogP contribution is -2.02. The second-order valence-corrected chi connectivity index (χ2v) is 7.51. The van der Waals surface area contributed by atoms with Gasteiger partial charge in [0.15, 0.2) is 0 Å². The highest BCUT2D eigenvalue weighted by Gasteiger charge is 2.12. The summed E-state index contributed by atoms with van der Waals surface area (Å²) < 4.78 is 0. The first-order valence-electron chi connectivity index (χ1n) is 11.0. The van der Waals surface area contributed by atoms with E-state index in [0.717, 1.165) is 54.0 Å². The molecule has 0 saturated carbocycles. The minimum atomic E-state index is 0.794. The molecule has 0 aliphatic heterocycles. The first kappa shape index (κ1) is 23.4. The predicted molar refractivity (Wildman–Crippen MR) is 133 cm³/mol. The van der Waals surface area contributed by atoms with E-state index in [1.54, 1.807) is 0 Å². The average molecular weight is 402 g/mol. The zero-order valence-corrected chi connectivity index (χ0v) is 18.5. The van der Waals surface area contributed by atoms with E-state index in [-0.39, 0.29) is 0 Å². The average Bonchev–Trinajstić information content (AvgIpc) is 2.76. The molecule has 0 unspecified atom stereocenters. The molecule has 0 atom stereocenters. The number of nitrogens with zero attached hydrogens (tertiary/aromatic N) is 1. The number of unbranched alkanes of at least 4 members (excludes halogenated alkanes) is 4. The molecule has 2 aromatic rings. The number of nitrogens with one attached hydrogen (secondary N) is 1. The summed E-state index contributed by atoms with van der Waals surface area (Å²) >= 11 is 0. The van der Waals surface area contributed by atoms with E-state index in [1.165, 1.54) is 36.8 Å². The van der Waals surface area contributed by atoms with E-state index in [1.807, 2.05) is 37.4 Å². The third kappa shape index (κ3) is 6.90. The zero-order chi connectivity index (χ0) is 21.8. The van der Waals surface area contributed by atoms with Crippen molar-refractivity contribution >= 4 is 23.3 Å². The Morgan fingerprint density at radius 1 is 1.13 bits per heavy atom. The maximum atomic E-state index is 5.59. The number of aryl methyl sites for hydroxylation is 2. The number of terminal acetylenes is 1. The summed E-state index contributed by atoms with van der Waals surface area (Å²) in [6, 6.07) is 12.3. The fraction of sp³-hybridized carbons (Fsp3) is 0.370. The molecular formula is C27H35N3. The van der Waals surface area contributed by atoms with Crippen LogP contribution in [0.25, 0.3) is 5.70 Å². The van der Waals surface area contributed by atoms with Gasteiger partial charge in [0.25, 0.3) is 0 Å². The molecule has 158 valence electrons. The van der Waals surface area contributed by atoms with Gasteiger partial charge in [-0.05, 0) is 80.6 Å². The Balaban J connectivity index is 2.22. The summed E-state index contributed by atoms with van der Waals surface area (Å²) in [5, 5.41) is 3.41. The first-order chi connectivity index (χ1) is 14.6. The van der Waals surface area contributed by atoms with Crippen molar-refractivity contribution in [2.75, 3.05) is 11.9 Å². The summed E-state index contributed by atoms with van der Waals surface area (Å²) in [5.74, 6) is 2.68. The molecule has 3 heteroatoms. The summed E-state index contributed by atoms with van der Waals surface area (Å²) in [5.41, 5.74) is 12.9. The van der Waals surface area contributed by atoms with Crippen LogP contribution < -0.4 is 11.1 Å². The Hall–Kier alpha value is -2.83. The molecule has 0 aliphatic rings. The van der Waals surface area contributed by atoms with Crippen LogP contribution in [-0.4, -0.2) is 12.8 Å². The lowest BCUT2D eigenvalue weighted by Gasteiger charge is -2.17. The molecule has 30 heavy (non-hydrogen) atoms. The molecule has 0 aliphatic carbocycles. The van der Waals surface area contributed by atoms with Crippen LogP contribution in [0.1, 0.15) is 68.2 Å². The molecule has 0 heterocycles. The Morgan fingerprint density at radius 3 is 2.60 bits per heavy atom. The minimum Gasteiger partial charge on any atom is -0.355 e. The van der Waals surface area contributed by atoms with E-state index < -0.39 is 0 Å². The molecule has 2 aromatic carbocycles. The number of rotatable bonds is 12. The highest BCUT2D eigenvalue weighted by Crippen LogP contribution is 2.31. The summed E-state index contributed by atoms with van der Waals surface area (Å²) in [6.07, 6.45) is 15.5. The Labute approximate surface area is 182 Å². The van der Waals surface area contributed by atoms with Gasteiger partial charge in [0, 0.05) is 28.7 Å². The highest BCUT2D eigenvalue weighted by atomic mass is 14.9. The maximum Gasteiger partial charge on any atom is 0.0721 e. The van der Waals surface area contributed by atoms with E-state index >= 15 is 0 Å². The molecule has 0 fully saturated rings. The Morgan fingerprint density at radius 2 is 1.90 bits per heavy atom. The molecule has 0 amide bonds. The number of anilines is 1. The maximum absolute atomic E-state index is 5.59. The van der Waals surface area contributed by atoms with Crippen LogP contribution in [0.15, 0.2) is 48.0 Å². The second kappa shape index (κ2) is 12.7. The van der Waals surface area contributed by atoms with Gasteiger partial charge in [-0.25, -0.2) is 0 Å². The molecule has 0 saturated heterocycles. The molecule has 2 rings (SSSR count). The van der Waals surface area contributed by atoms with Crippen molar-refractivity contribution in [1.29, 1.82) is 0 Å². The molecular weight excluding hydrogens is 366 g/mol. The molecule has 0 spiro atoms. The smallest absolute Gasteiger partial charge is 0.0721 e. The largest absolute Gasteiger partial charge is 0.355 e. The SMILES string of the molecule is C#Cc1cccc(NC(=C)c2cc(CCCCCCCN)c(CC)cc2/N=C\C)c1. The fourth-order valence-electron chi connectivity index (χ4n) is 3.64. The van der Waals surface area contributed by atoms with Crippen LogP contribution in [0.2, 0.25) is 0 Å². The van der Waals surface area contributed by atoms with Gasteiger partial charge in [0.1, 0.15) is 0 Å². The van der Waals surface area contributed by atoms with Crippen molar-refractivity contribution in [1.82, 2.24) is 0 Å². The number of benzene rings is 2. The fourth-order valence-corrected chi connectivity index (χ4v) is 3.64. The molecule has 3 nitrogen and oxygen atoms in total. The first-order valence-corrected chi connectivity index (χ1v) is 11.0. The summed E-state index contributed by atoms with van der Waals surface area (Å²) in [4.78, 5) is 4.61. The van der Waals surface area contributed by atoms with Crippen molar-refractivity contribution in [3.63, 3.8) is 0 Å². The molecule has 3 N–H and O–H groups in total. The quantitative estimate of drug-likeness (QED) is 0.243. The van der Waals surface area contributed by atoms with Crippen LogP contribution >= 0.6 is 0 Å². The number of hydrogen-bond donors (Lipinski definition) is 2. The van der Waals surface area contributed by atoms with Crippen molar-refractivity contribution in [2.24, 2.45) is 10.7 Å². The van der Waals surface area contributed by atoms with Crippen molar-refractivity contribution in [2.45, 2.75) is 58.8 Å². The van der Waals surface area contributed by atoms with Gasteiger partial charge >= 0.3 is 0 Å². The van der Waals surface area contributed by atoms with E-state index in [0.29, 0.717) is 0 Å². The van der Waals surface area contributed by atoms with Gasteiger partial charge in [0.2, 0.25) is 0 Å².